The van der Waals surface area contributed by atoms with Crippen molar-refractivity contribution in [2.45, 2.75) is 31.7 Å². The number of rotatable bonds is 10. The number of aromatic nitrogens is 1. The van der Waals surface area contributed by atoms with Crippen LogP contribution in [0.15, 0.2) is 77.7 Å². The fourth-order valence-corrected chi connectivity index (χ4v) is 5.68. The first-order chi connectivity index (χ1) is 18.1. The predicted molar refractivity (Wildman–Crippen MR) is 142 cm³/mol. The number of amides is 2. The van der Waals surface area contributed by atoms with Crippen molar-refractivity contribution in [1.29, 1.82) is 0 Å². The average Bonchev–Trinajstić information content (AvgIpc) is 3.21. The second kappa shape index (κ2) is 10.9. The van der Waals surface area contributed by atoms with E-state index in [2.05, 4.69) is 0 Å². The summed E-state index contributed by atoms with van der Waals surface area (Å²) < 4.78 is 35.0. The summed E-state index contributed by atoms with van der Waals surface area (Å²) in [5.74, 6) is -2.74. The molecular formula is C28H27N3O6S. The summed E-state index contributed by atoms with van der Waals surface area (Å²) in [5, 5.41) is 0.332. The van der Waals surface area contributed by atoms with E-state index in [4.69, 9.17) is 10.5 Å². The molecule has 10 heteroatoms. The number of benzene rings is 3. The van der Waals surface area contributed by atoms with Crippen LogP contribution in [0.5, 0.6) is 5.75 Å². The number of nitrogens with two attached hydrogens (primary N) is 1. The molecule has 4 aromatic rings. The number of primary amides is 1. The third-order valence-electron chi connectivity index (χ3n) is 6.12. The van der Waals surface area contributed by atoms with Gasteiger partial charge in [0, 0.05) is 12.2 Å². The highest BCUT2D eigenvalue weighted by atomic mass is 32.2. The van der Waals surface area contributed by atoms with E-state index in [-0.39, 0.29) is 16.2 Å². The van der Waals surface area contributed by atoms with Gasteiger partial charge in [0.25, 0.3) is 27.6 Å². The Kier molecular flexibility index (Phi) is 7.63. The Balaban J connectivity index is 1.71. The summed E-state index contributed by atoms with van der Waals surface area (Å²) in [6.45, 7) is 3.27. The molecule has 0 aliphatic carbocycles. The Morgan fingerprint density at radius 1 is 0.947 bits per heavy atom. The number of fused-ring (bicyclic) bond motifs is 1. The number of sulfonamides is 1. The summed E-state index contributed by atoms with van der Waals surface area (Å²) in [6, 6.07) is 20.9. The van der Waals surface area contributed by atoms with Crippen LogP contribution in [0.3, 0.4) is 0 Å². The van der Waals surface area contributed by atoms with E-state index in [9.17, 15) is 22.8 Å². The highest BCUT2D eigenvalue weighted by molar-refractivity contribution is 7.90. The Morgan fingerprint density at radius 2 is 1.63 bits per heavy atom. The number of carbonyl (C=O) groups excluding carboxylic acids is 3. The minimum Gasteiger partial charge on any atom is -0.483 e. The monoisotopic (exact) mass is 533 g/mol. The van der Waals surface area contributed by atoms with Crippen molar-refractivity contribution in [2.75, 3.05) is 6.61 Å². The number of hydrogen-bond donors (Lipinski definition) is 2. The van der Waals surface area contributed by atoms with E-state index in [1.165, 1.54) is 6.07 Å². The van der Waals surface area contributed by atoms with E-state index in [0.29, 0.717) is 35.1 Å². The molecule has 3 N–H and O–H groups in total. The number of nitrogens with one attached hydrogen (secondary N) is 1. The van der Waals surface area contributed by atoms with Crippen LogP contribution in [0, 0.1) is 6.92 Å². The zero-order valence-electron chi connectivity index (χ0n) is 20.9. The molecule has 38 heavy (non-hydrogen) atoms. The molecule has 0 spiro atoms. The van der Waals surface area contributed by atoms with Crippen molar-refractivity contribution in [3.8, 4) is 5.75 Å². The number of aryl methyl sites for hydroxylation is 1. The summed E-state index contributed by atoms with van der Waals surface area (Å²) >= 11 is 0. The molecule has 9 nitrogen and oxygen atoms in total. The van der Waals surface area contributed by atoms with Crippen molar-refractivity contribution < 1.29 is 27.5 Å². The Labute approximate surface area is 220 Å². The van der Waals surface area contributed by atoms with Gasteiger partial charge in [-0.1, -0.05) is 61.5 Å². The Hall–Kier alpha value is -4.44. The molecule has 0 bridgehead atoms. The second-order valence-electron chi connectivity index (χ2n) is 8.67. The van der Waals surface area contributed by atoms with Crippen LogP contribution in [0.1, 0.15) is 34.1 Å². The smallest absolute Gasteiger partial charge is 0.289 e. The van der Waals surface area contributed by atoms with E-state index < -0.39 is 34.2 Å². The molecule has 196 valence electrons. The normalized spacial score (nSPS) is 11.3. The first kappa shape index (κ1) is 26.6. The molecule has 1 heterocycles. The van der Waals surface area contributed by atoms with Gasteiger partial charge >= 0.3 is 0 Å². The fourth-order valence-electron chi connectivity index (χ4n) is 4.46. The summed E-state index contributed by atoms with van der Waals surface area (Å²) in [5.41, 5.74) is 8.16. The van der Waals surface area contributed by atoms with Gasteiger partial charge in [-0.15, -0.1) is 0 Å². The van der Waals surface area contributed by atoms with E-state index in [1.807, 2.05) is 46.5 Å². The number of ketones is 1. The lowest BCUT2D eigenvalue weighted by Gasteiger charge is -2.12. The first-order valence-corrected chi connectivity index (χ1v) is 13.4. The highest BCUT2D eigenvalue weighted by Gasteiger charge is 2.28. The van der Waals surface area contributed by atoms with Crippen molar-refractivity contribution in [3.05, 3.63) is 95.2 Å². The van der Waals surface area contributed by atoms with Crippen LogP contribution in [-0.2, 0) is 32.6 Å². The molecule has 0 saturated heterocycles. The number of Topliss-reactive ketones (excluding diaryl/α,β-unsaturated/α-hetero) is 1. The van der Waals surface area contributed by atoms with Crippen LogP contribution in [0.25, 0.3) is 10.9 Å². The highest BCUT2D eigenvalue weighted by Crippen LogP contribution is 2.35. The largest absolute Gasteiger partial charge is 0.483 e. The van der Waals surface area contributed by atoms with Gasteiger partial charge in [-0.2, -0.15) is 0 Å². The molecule has 1 aromatic heterocycles. The topological polar surface area (TPSA) is 138 Å². The Morgan fingerprint density at radius 3 is 2.29 bits per heavy atom. The van der Waals surface area contributed by atoms with Gasteiger partial charge in [0.15, 0.2) is 6.61 Å². The van der Waals surface area contributed by atoms with Gasteiger partial charge in [0.2, 0.25) is 0 Å². The lowest BCUT2D eigenvalue weighted by Crippen LogP contribution is -2.34. The molecule has 2 amide bonds. The standard InChI is InChI=1S/C28H27N3O6S/c1-3-20-26(27(33)28(29)34)25-21(31(20)16-19-11-5-4-6-12-19)13-9-14-22(25)37-17-24(32)30-38(35,36)23-15-8-7-10-18(23)2/h4-15H,3,16-17H2,1-2H3,(H2,29,34)(H,30,32). The van der Waals surface area contributed by atoms with Gasteiger partial charge in [-0.3, -0.25) is 14.4 Å². The maximum atomic E-state index is 13.0. The van der Waals surface area contributed by atoms with Gasteiger partial charge in [0.05, 0.1) is 21.4 Å². The molecule has 0 atom stereocenters. The molecule has 0 saturated carbocycles. The lowest BCUT2D eigenvalue weighted by molar-refractivity contribution is -0.121. The van der Waals surface area contributed by atoms with Gasteiger partial charge in [0.1, 0.15) is 5.75 Å². The third kappa shape index (κ3) is 5.30. The van der Waals surface area contributed by atoms with Crippen LogP contribution in [0.2, 0.25) is 0 Å². The lowest BCUT2D eigenvalue weighted by atomic mass is 10.0. The fraction of sp³-hybridized carbons (Fsp3) is 0.179. The number of nitrogens with zero attached hydrogens (tertiary/aromatic N) is 1. The second-order valence-corrected chi connectivity index (χ2v) is 10.3. The minimum atomic E-state index is -4.11. The number of carbonyl (C=O) groups is 3. The van der Waals surface area contributed by atoms with Crippen molar-refractivity contribution in [3.63, 3.8) is 0 Å². The average molecular weight is 534 g/mol. The minimum absolute atomic E-state index is 0.0182. The quantitative estimate of drug-likeness (QED) is 0.237. The van der Waals surface area contributed by atoms with Crippen molar-refractivity contribution in [1.82, 2.24) is 9.29 Å². The van der Waals surface area contributed by atoms with Crippen molar-refractivity contribution >= 4 is 38.5 Å². The molecule has 4 rings (SSSR count). The summed E-state index contributed by atoms with van der Waals surface area (Å²) in [4.78, 5) is 37.5. The first-order valence-electron chi connectivity index (χ1n) is 11.9. The Bertz CT molecular complexity index is 1640. The van der Waals surface area contributed by atoms with Gasteiger partial charge < -0.3 is 15.0 Å². The van der Waals surface area contributed by atoms with Crippen LogP contribution >= 0.6 is 0 Å². The van der Waals surface area contributed by atoms with Crippen molar-refractivity contribution in [2.24, 2.45) is 5.73 Å². The predicted octanol–water partition coefficient (Wildman–Crippen LogP) is 3.11. The zero-order valence-corrected chi connectivity index (χ0v) is 21.7. The third-order valence-corrected chi connectivity index (χ3v) is 7.65. The molecule has 0 fully saturated rings. The molecule has 0 aliphatic heterocycles. The van der Waals surface area contributed by atoms with Crippen LogP contribution < -0.4 is 15.2 Å². The maximum Gasteiger partial charge on any atom is 0.289 e. The summed E-state index contributed by atoms with van der Waals surface area (Å²) in [7, 11) is -4.11. The number of hydrogen-bond acceptors (Lipinski definition) is 6. The SMILES string of the molecule is CCc1c(C(=O)C(N)=O)c2c(OCC(=O)NS(=O)(=O)c3ccccc3C)cccc2n1Cc1ccccc1. The van der Waals surface area contributed by atoms with E-state index in [1.54, 1.807) is 43.3 Å². The zero-order chi connectivity index (χ0) is 27.4. The molecule has 0 radical (unpaired) electrons. The molecular weight excluding hydrogens is 506 g/mol. The van der Waals surface area contributed by atoms with E-state index in [0.717, 1.165) is 5.56 Å². The van der Waals surface area contributed by atoms with Crippen LogP contribution in [0.4, 0.5) is 0 Å². The molecule has 3 aromatic carbocycles. The van der Waals surface area contributed by atoms with Crippen LogP contribution in [-0.4, -0.2) is 37.2 Å². The molecule has 0 aliphatic rings. The molecule has 0 unspecified atom stereocenters. The number of ether oxygens (including phenoxy) is 1. The van der Waals surface area contributed by atoms with Gasteiger partial charge in [-0.05, 0) is 42.7 Å². The summed E-state index contributed by atoms with van der Waals surface area (Å²) in [6.07, 6.45) is 0.421. The van der Waals surface area contributed by atoms with E-state index >= 15 is 0 Å². The van der Waals surface area contributed by atoms with Gasteiger partial charge in [-0.25, -0.2) is 13.1 Å². The maximum absolute atomic E-state index is 13.0.